The number of fused-ring (bicyclic) bond motifs is 1. The van der Waals surface area contributed by atoms with E-state index in [1.165, 1.54) is 32.5 Å². The van der Waals surface area contributed by atoms with E-state index in [1.54, 1.807) is 26.5 Å². The maximum Gasteiger partial charge on any atom is 0.416 e. The summed E-state index contributed by atoms with van der Waals surface area (Å²) < 4.78 is 58.0. The summed E-state index contributed by atoms with van der Waals surface area (Å²) in [6.07, 6.45) is -0.830. The Kier molecular flexibility index (Phi) is 9.62. The van der Waals surface area contributed by atoms with Crippen molar-refractivity contribution in [2.24, 2.45) is 5.92 Å². The second-order valence-electron chi connectivity index (χ2n) is 12.0. The molecule has 6 rings (SSSR count). The van der Waals surface area contributed by atoms with E-state index >= 15 is 0 Å². The molecule has 2 aliphatic heterocycles. The molecule has 17 heteroatoms. The van der Waals surface area contributed by atoms with Gasteiger partial charge in [-0.25, -0.2) is 15.0 Å². The van der Waals surface area contributed by atoms with Crippen LogP contribution in [0.25, 0.3) is 16.8 Å². The molecule has 0 radical (unpaired) electrons. The topological polar surface area (TPSA) is 167 Å². The molecule has 2 fully saturated rings. The van der Waals surface area contributed by atoms with Gasteiger partial charge in [0.25, 0.3) is 5.91 Å². The standard InChI is InChI=1S/C33H35F3N8O6/c1-18-17-50-24(16-44(18)32(47)20-14-42(15-20)26(45)7-11-48-2)30-41-27(28-29(37)39-9-10-43(28)30)22-5-4-19(12-23(22)49-3)31(46)40-25-13-21(6-8-38-25)33(34,35)36/h4-6,8-10,12-13,18,20,24H,7,11,14-17H2,1-3H3,(H2,37,39)(H,38,40,46)/t18-,24+/m0/s1. The number of aromatic nitrogens is 4. The van der Waals surface area contributed by atoms with E-state index in [2.05, 4.69) is 15.3 Å². The molecule has 3 N–H and O–H groups in total. The number of methoxy groups -OCH3 is 2. The lowest BCUT2D eigenvalue weighted by atomic mass is 9.96. The normalized spacial score (nSPS) is 18.2. The van der Waals surface area contributed by atoms with Crippen molar-refractivity contribution in [3.8, 4) is 17.0 Å². The highest BCUT2D eigenvalue weighted by atomic mass is 19.4. The van der Waals surface area contributed by atoms with Crippen LogP contribution in [0.4, 0.5) is 24.8 Å². The SMILES string of the molecule is COCCC(=O)N1CC(C(=O)N2C[C@H](c3nc(-c4ccc(C(=O)Nc5cc(C(F)(F)F)ccn5)cc4OC)c4c(N)nccn34)OC[C@@H]2C)C1. The van der Waals surface area contributed by atoms with E-state index in [9.17, 15) is 27.6 Å². The summed E-state index contributed by atoms with van der Waals surface area (Å²) in [5.41, 5.74) is 6.76. The van der Waals surface area contributed by atoms with Gasteiger partial charge in [-0.3, -0.25) is 18.8 Å². The van der Waals surface area contributed by atoms with Gasteiger partial charge in [0.1, 0.15) is 40.5 Å². The maximum absolute atomic E-state index is 13.6. The fourth-order valence-electron chi connectivity index (χ4n) is 6.03. The first-order valence-electron chi connectivity index (χ1n) is 15.7. The Labute approximate surface area is 284 Å². The summed E-state index contributed by atoms with van der Waals surface area (Å²) in [5.74, 6) is -0.571. The minimum Gasteiger partial charge on any atom is -0.496 e. The molecular formula is C33H35F3N8O6. The first kappa shape index (κ1) is 34.6. The number of halogens is 3. The molecule has 0 aliphatic carbocycles. The first-order chi connectivity index (χ1) is 23.9. The molecule has 2 saturated heterocycles. The van der Waals surface area contributed by atoms with Crippen LogP contribution in [0.2, 0.25) is 0 Å². The lowest BCUT2D eigenvalue weighted by molar-refractivity contribution is -0.158. The van der Waals surface area contributed by atoms with Crippen LogP contribution >= 0.6 is 0 Å². The number of alkyl halides is 3. The van der Waals surface area contributed by atoms with Crippen molar-refractivity contribution < 1.29 is 41.8 Å². The second-order valence-corrected chi connectivity index (χ2v) is 12.0. The number of morpholine rings is 1. The molecule has 0 unspecified atom stereocenters. The van der Waals surface area contributed by atoms with E-state index in [-0.39, 0.29) is 66.3 Å². The lowest BCUT2D eigenvalue weighted by Crippen LogP contribution is -2.59. The summed E-state index contributed by atoms with van der Waals surface area (Å²) in [5, 5.41) is 2.39. The van der Waals surface area contributed by atoms with E-state index in [4.69, 9.17) is 24.9 Å². The number of nitrogens with zero attached hydrogens (tertiary/aromatic N) is 6. The van der Waals surface area contributed by atoms with Crippen LogP contribution in [-0.4, -0.2) is 100.0 Å². The number of likely N-dealkylation sites (tertiary alicyclic amines) is 1. The van der Waals surface area contributed by atoms with Crippen molar-refractivity contribution in [1.82, 2.24) is 29.2 Å². The summed E-state index contributed by atoms with van der Waals surface area (Å²) in [4.78, 5) is 55.3. The summed E-state index contributed by atoms with van der Waals surface area (Å²) in [6, 6.07) is 5.83. The number of carbonyl (C=O) groups excluding carboxylic acids is 3. The average molecular weight is 697 g/mol. The Hall–Kier alpha value is -5.29. The molecule has 264 valence electrons. The number of ether oxygens (including phenoxy) is 3. The third-order valence-corrected chi connectivity index (χ3v) is 8.77. The molecular weight excluding hydrogens is 661 g/mol. The number of hydrogen-bond donors (Lipinski definition) is 2. The number of nitrogens with one attached hydrogen (secondary N) is 1. The van der Waals surface area contributed by atoms with E-state index in [1.807, 2.05) is 6.92 Å². The van der Waals surface area contributed by atoms with E-state index < -0.39 is 23.8 Å². The number of benzene rings is 1. The van der Waals surface area contributed by atoms with Gasteiger partial charge in [0, 0.05) is 49.9 Å². The van der Waals surface area contributed by atoms with Crippen LogP contribution in [0.5, 0.6) is 5.75 Å². The van der Waals surface area contributed by atoms with Crippen LogP contribution in [0.1, 0.15) is 41.2 Å². The number of nitrogen functional groups attached to an aromatic ring is 1. The zero-order valence-electron chi connectivity index (χ0n) is 27.4. The van der Waals surface area contributed by atoms with Gasteiger partial charge in [-0.05, 0) is 37.3 Å². The third-order valence-electron chi connectivity index (χ3n) is 8.77. The van der Waals surface area contributed by atoms with Crippen molar-refractivity contribution in [3.63, 3.8) is 0 Å². The Bertz CT molecular complexity index is 1930. The van der Waals surface area contributed by atoms with Gasteiger partial charge in [0.15, 0.2) is 0 Å². The predicted molar refractivity (Wildman–Crippen MR) is 173 cm³/mol. The van der Waals surface area contributed by atoms with Gasteiger partial charge in [-0.15, -0.1) is 0 Å². The van der Waals surface area contributed by atoms with E-state index in [0.29, 0.717) is 42.3 Å². The number of pyridine rings is 1. The molecule has 2 aliphatic rings. The molecule has 0 bridgehead atoms. The van der Waals surface area contributed by atoms with Gasteiger partial charge in [0.05, 0.1) is 50.8 Å². The zero-order valence-corrected chi connectivity index (χ0v) is 27.4. The smallest absolute Gasteiger partial charge is 0.416 e. The highest BCUT2D eigenvalue weighted by Crippen LogP contribution is 2.38. The molecule has 4 aromatic rings. The molecule has 2 atom stereocenters. The van der Waals surface area contributed by atoms with Gasteiger partial charge in [-0.1, -0.05) is 0 Å². The number of nitrogens with two attached hydrogens (primary N) is 1. The van der Waals surface area contributed by atoms with Gasteiger partial charge in [-0.2, -0.15) is 13.2 Å². The first-order valence-corrected chi connectivity index (χ1v) is 15.7. The third kappa shape index (κ3) is 6.78. The van der Waals surface area contributed by atoms with Gasteiger partial charge < -0.3 is 35.1 Å². The molecule has 3 aromatic heterocycles. The molecule has 0 saturated carbocycles. The number of carbonyl (C=O) groups is 3. The van der Waals surface area contributed by atoms with Crippen molar-refractivity contribution in [2.75, 3.05) is 58.1 Å². The average Bonchev–Trinajstić information content (AvgIpc) is 3.47. The van der Waals surface area contributed by atoms with Crippen LogP contribution < -0.4 is 15.8 Å². The Morgan fingerprint density at radius 3 is 2.58 bits per heavy atom. The fourth-order valence-corrected chi connectivity index (χ4v) is 6.03. The van der Waals surface area contributed by atoms with Crippen LogP contribution in [0.15, 0.2) is 48.9 Å². The predicted octanol–water partition coefficient (Wildman–Crippen LogP) is 3.44. The van der Waals surface area contributed by atoms with Crippen LogP contribution in [-0.2, 0) is 25.2 Å². The zero-order chi connectivity index (χ0) is 35.7. The maximum atomic E-state index is 13.6. The number of rotatable bonds is 9. The lowest BCUT2D eigenvalue weighted by Gasteiger charge is -2.44. The van der Waals surface area contributed by atoms with Crippen LogP contribution in [0.3, 0.4) is 0 Å². The molecule has 3 amide bonds. The number of imidazole rings is 1. The quantitative estimate of drug-likeness (QED) is 0.265. The van der Waals surface area contributed by atoms with Crippen molar-refractivity contribution in [2.45, 2.75) is 31.7 Å². The van der Waals surface area contributed by atoms with E-state index in [0.717, 1.165) is 18.3 Å². The molecule has 14 nitrogen and oxygen atoms in total. The Balaban J connectivity index is 1.25. The number of hydrogen-bond acceptors (Lipinski definition) is 10. The van der Waals surface area contributed by atoms with Crippen molar-refractivity contribution in [1.29, 1.82) is 0 Å². The molecule has 5 heterocycles. The largest absolute Gasteiger partial charge is 0.496 e. The molecule has 1 aromatic carbocycles. The Morgan fingerprint density at radius 2 is 1.86 bits per heavy atom. The highest BCUT2D eigenvalue weighted by molar-refractivity contribution is 6.04. The fraction of sp³-hybridized carbons (Fsp3) is 0.394. The minimum atomic E-state index is -4.60. The molecule has 0 spiro atoms. The summed E-state index contributed by atoms with van der Waals surface area (Å²) in [6.45, 7) is 3.37. The Morgan fingerprint density at radius 1 is 1.08 bits per heavy atom. The second kappa shape index (κ2) is 13.9. The van der Waals surface area contributed by atoms with Crippen LogP contribution in [0, 0.1) is 5.92 Å². The van der Waals surface area contributed by atoms with Gasteiger partial charge >= 0.3 is 6.18 Å². The number of anilines is 2. The minimum absolute atomic E-state index is 0.0526. The highest BCUT2D eigenvalue weighted by Gasteiger charge is 2.42. The number of amides is 3. The van der Waals surface area contributed by atoms with Crippen molar-refractivity contribution in [3.05, 3.63) is 65.9 Å². The summed E-state index contributed by atoms with van der Waals surface area (Å²) >= 11 is 0. The summed E-state index contributed by atoms with van der Waals surface area (Å²) in [7, 11) is 2.93. The van der Waals surface area contributed by atoms with Gasteiger partial charge in [0.2, 0.25) is 11.8 Å². The molecule has 50 heavy (non-hydrogen) atoms. The monoisotopic (exact) mass is 696 g/mol. The van der Waals surface area contributed by atoms with Crippen molar-refractivity contribution >= 4 is 34.9 Å².